The fourth-order valence-corrected chi connectivity index (χ4v) is 4.96. The molecule has 1 fully saturated rings. The number of benzene rings is 1. The van der Waals surface area contributed by atoms with E-state index in [-0.39, 0.29) is 21.9 Å². The lowest BCUT2D eigenvalue weighted by atomic mass is 10.1. The molecule has 0 aliphatic carbocycles. The Kier molecular flexibility index (Phi) is 6.07. The Hall–Kier alpha value is -2.40. The van der Waals surface area contributed by atoms with Crippen LogP contribution in [-0.4, -0.2) is 66.8 Å². The van der Waals surface area contributed by atoms with E-state index in [0.29, 0.717) is 37.8 Å². The van der Waals surface area contributed by atoms with E-state index >= 15 is 0 Å². The first-order chi connectivity index (χ1) is 14.8. The zero-order valence-corrected chi connectivity index (χ0v) is 18.9. The zero-order valence-electron chi connectivity index (χ0n) is 17.2. The number of likely N-dealkylation sites (tertiary alicyclic amines) is 1. The summed E-state index contributed by atoms with van der Waals surface area (Å²) in [6, 6.07) is 3.89. The predicted molar refractivity (Wildman–Crippen MR) is 116 cm³/mol. The maximum absolute atomic E-state index is 14.7. The van der Waals surface area contributed by atoms with Gasteiger partial charge in [-0.15, -0.1) is 0 Å². The largest absolute Gasteiger partial charge is 0.474 e. The molecular weight excluding hydrogens is 443 g/mol. The van der Waals surface area contributed by atoms with E-state index in [1.54, 1.807) is 11.2 Å². The molecular formula is C20H23FN4O4S2. The highest BCUT2D eigenvalue weighted by atomic mass is 32.2. The van der Waals surface area contributed by atoms with E-state index in [1.165, 1.54) is 30.2 Å². The lowest BCUT2D eigenvalue weighted by Crippen LogP contribution is -2.40. The Morgan fingerprint density at radius 1 is 1.23 bits per heavy atom. The number of aromatic nitrogens is 2. The van der Waals surface area contributed by atoms with Crippen molar-refractivity contribution in [2.75, 3.05) is 37.0 Å². The summed E-state index contributed by atoms with van der Waals surface area (Å²) in [5.74, 6) is 0.420. The van der Waals surface area contributed by atoms with E-state index in [4.69, 9.17) is 4.74 Å². The number of fused-ring (bicyclic) bond motifs is 1. The van der Waals surface area contributed by atoms with Crippen LogP contribution in [0.1, 0.15) is 18.4 Å². The summed E-state index contributed by atoms with van der Waals surface area (Å²) in [5, 5.41) is 0.0703. The van der Waals surface area contributed by atoms with Crippen LogP contribution < -0.4 is 9.64 Å². The number of nitrogens with zero attached hydrogens (tertiary/aromatic N) is 4. The molecule has 0 N–H and O–H groups in total. The van der Waals surface area contributed by atoms with Gasteiger partial charge in [0.1, 0.15) is 24.1 Å². The maximum atomic E-state index is 14.7. The molecule has 3 heterocycles. The van der Waals surface area contributed by atoms with Crippen molar-refractivity contribution >= 4 is 38.3 Å². The van der Waals surface area contributed by atoms with Crippen molar-refractivity contribution in [3.05, 3.63) is 35.9 Å². The minimum atomic E-state index is -3.49. The highest BCUT2D eigenvalue weighted by Crippen LogP contribution is 2.38. The number of carbonyl (C=O) groups excluding carboxylic acids is 1. The number of hydrogen-bond donors (Lipinski definition) is 0. The molecule has 0 radical (unpaired) electrons. The van der Waals surface area contributed by atoms with Crippen LogP contribution in [0.4, 0.5) is 20.7 Å². The van der Waals surface area contributed by atoms with Gasteiger partial charge in [0.15, 0.2) is 9.84 Å². The molecule has 166 valence electrons. The van der Waals surface area contributed by atoms with Gasteiger partial charge in [0.05, 0.1) is 16.1 Å². The average Bonchev–Trinajstić information content (AvgIpc) is 3.18. The molecule has 2 aliphatic rings. The van der Waals surface area contributed by atoms with E-state index in [2.05, 4.69) is 9.97 Å². The van der Waals surface area contributed by atoms with Gasteiger partial charge in [0.2, 0.25) is 5.88 Å². The number of halogens is 1. The van der Waals surface area contributed by atoms with Crippen molar-refractivity contribution < 1.29 is 22.3 Å². The number of thioether (sulfide) groups is 1. The van der Waals surface area contributed by atoms with Gasteiger partial charge in [-0.1, -0.05) is 11.8 Å². The van der Waals surface area contributed by atoms with E-state index in [1.807, 2.05) is 4.90 Å². The lowest BCUT2D eigenvalue weighted by molar-refractivity contribution is 0.114. The molecule has 4 rings (SSSR count). The van der Waals surface area contributed by atoms with E-state index in [9.17, 15) is 17.6 Å². The summed E-state index contributed by atoms with van der Waals surface area (Å²) in [4.78, 5) is 23.9. The lowest BCUT2D eigenvalue weighted by Gasteiger charge is -2.31. The van der Waals surface area contributed by atoms with Gasteiger partial charge in [0.25, 0.3) is 5.24 Å². The number of carbonyl (C=O) groups is 1. The first-order valence-electron chi connectivity index (χ1n) is 9.88. The second-order valence-electron chi connectivity index (χ2n) is 7.54. The van der Waals surface area contributed by atoms with Gasteiger partial charge in [-0.2, -0.15) is 0 Å². The Morgan fingerprint density at radius 2 is 1.97 bits per heavy atom. The molecule has 1 aromatic heterocycles. The van der Waals surface area contributed by atoms with Gasteiger partial charge in [-0.25, -0.2) is 22.8 Å². The molecule has 1 amide bonds. The van der Waals surface area contributed by atoms with Crippen molar-refractivity contribution in [1.29, 1.82) is 0 Å². The highest BCUT2D eigenvalue weighted by molar-refractivity contribution is 8.12. The van der Waals surface area contributed by atoms with Crippen LogP contribution in [-0.2, 0) is 16.3 Å². The van der Waals surface area contributed by atoms with Gasteiger partial charge in [-0.3, -0.25) is 4.79 Å². The maximum Gasteiger partial charge on any atom is 0.281 e. The molecule has 8 nitrogen and oxygen atoms in total. The van der Waals surface area contributed by atoms with Crippen LogP contribution in [0.2, 0.25) is 0 Å². The Labute approximate surface area is 184 Å². The van der Waals surface area contributed by atoms with Gasteiger partial charge < -0.3 is 14.5 Å². The summed E-state index contributed by atoms with van der Waals surface area (Å²) in [6.45, 7) is 1.77. The second kappa shape index (κ2) is 8.62. The van der Waals surface area contributed by atoms with Crippen LogP contribution in [0.25, 0.3) is 0 Å². The molecule has 0 spiro atoms. The summed E-state index contributed by atoms with van der Waals surface area (Å²) in [7, 11) is -3.49. The number of sulfone groups is 1. The quantitative estimate of drug-likeness (QED) is 0.679. The van der Waals surface area contributed by atoms with Crippen LogP contribution >= 0.6 is 11.8 Å². The average molecular weight is 467 g/mol. The molecule has 1 aromatic carbocycles. The summed E-state index contributed by atoms with van der Waals surface area (Å²) < 4.78 is 44.2. The molecule has 11 heteroatoms. The van der Waals surface area contributed by atoms with Crippen molar-refractivity contribution in [3.8, 4) is 5.88 Å². The van der Waals surface area contributed by atoms with Crippen molar-refractivity contribution in [2.45, 2.75) is 30.3 Å². The smallest absolute Gasteiger partial charge is 0.281 e. The standard InChI is InChI=1S/C20H23FN4O4S2/c1-30-20(26)24-8-5-13(6-9-24)29-19-15-7-10-25(18(15)22-12-23-19)17-4-3-14(11-16(17)21)31(2,27)28/h3-4,11-13H,5-10H2,1-2H3. The molecule has 2 aliphatic heterocycles. The first-order valence-corrected chi connectivity index (χ1v) is 13.0. The van der Waals surface area contributed by atoms with Crippen molar-refractivity contribution in [1.82, 2.24) is 14.9 Å². The highest BCUT2D eigenvalue weighted by Gasteiger charge is 2.30. The number of rotatable bonds is 4. The van der Waals surface area contributed by atoms with Gasteiger partial charge in [-0.05, 0) is 30.9 Å². The Balaban J connectivity index is 1.52. The zero-order chi connectivity index (χ0) is 22.2. The van der Waals surface area contributed by atoms with Crippen molar-refractivity contribution in [2.24, 2.45) is 0 Å². The van der Waals surface area contributed by atoms with Crippen LogP contribution in [0.15, 0.2) is 29.4 Å². The van der Waals surface area contributed by atoms with E-state index < -0.39 is 15.7 Å². The number of ether oxygens (including phenoxy) is 1. The molecule has 31 heavy (non-hydrogen) atoms. The van der Waals surface area contributed by atoms with Crippen LogP contribution in [0.5, 0.6) is 5.88 Å². The fraction of sp³-hybridized carbons (Fsp3) is 0.450. The van der Waals surface area contributed by atoms with Gasteiger partial charge >= 0.3 is 0 Å². The fourth-order valence-electron chi connectivity index (χ4n) is 3.88. The molecule has 0 bridgehead atoms. The SMILES string of the molecule is CSC(=O)N1CCC(Oc2ncnc3c2CCN3c2ccc(S(C)(=O)=O)cc2F)CC1. The third kappa shape index (κ3) is 4.47. The molecule has 0 unspecified atom stereocenters. The van der Waals surface area contributed by atoms with Crippen LogP contribution in [0, 0.1) is 5.82 Å². The van der Waals surface area contributed by atoms with E-state index in [0.717, 1.165) is 30.7 Å². The van der Waals surface area contributed by atoms with Gasteiger partial charge in [0, 0.05) is 38.7 Å². The summed E-state index contributed by atoms with van der Waals surface area (Å²) in [6.07, 6.45) is 6.19. The minimum absolute atomic E-state index is 0.0512. The number of anilines is 2. The third-order valence-corrected chi connectivity index (χ3v) is 7.23. The summed E-state index contributed by atoms with van der Waals surface area (Å²) >= 11 is 1.21. The second-order valence-corrected chi connectivity index (χ2v) is 10.3. The normalized spacial score (nSPS) is 17.0. The monoisotopic (exact) mass is 466 g/mol. The molecule has 2 aromatic rings. The number of hydrogen-bond acceptors (Lipinski definition) is 8. The molecule has 0 atom stereocenters. The molecule has 1 saturated heterocycles. The minimum Gasteiger partial charge on any atom is -0.474 e. The van der Waals surface area contributed by atoms with Crippen molar-refractivity contribution in [3.63, 3.8) is 0 Å². The third-order valence-electron chi connectivity index (χ3n) is 5.52. The molecule has 0 saturated carbocycles. The Morgan fingerprint density at radius 3 is 2.61 bits per heavy atom. The Bertz CT molecular complexity index is 1100. The number of piperidine rings is 1. The predicted octanol–water partition coefficient (Wildman–Crippen LogP) is 3.04. The summed E-state index contributed by atoms with van der Waals surface area (Å²) in [5.41, 5.74) is 1.07. The topological polar surface area (TPSA) is 92.7 Å². The number of amides is 1. The van der Waals surface area contributed by atoms with Crippen LogP contribution in [0.3, 0.4) is 0 Å². The first kappa shape index (κ1) is 21.8.